The second-order valence-electron chi connectivity index (χ2n) is 6.64. The number of aromatic nitrogens is 2. The van der Waals surface area contributed by atoms with Gasteiger partial charge in [-0.2, -0.15) is 0 Å². The normalized spacial score (nSPS) is 15.0. The van der Waals surface area contributed by atoms with Gasteiger partial charge < -0.3 is 9.72 Å². The first-order valence-corrected chi connectivity index (χ1v) is 9.37. The van der Waals surface area contributed by atoms with E-state index in [-0.39, 0.29) is 0 Å². The second-order valence-corrected chi connectivity index (χ2v) is 7.08. The SMILES string of the molecule is CC(C)c1cn2cc(Cl)ccc2n1.CC/C(=C\C(=NC)C1CC1)NC=O. The van der Waals surface area contributed by atoms with E-state index in [1.54, 1.807) is 7.05 Å². The summed E-state index contributed by atoms with van der Waals surface area (Å²) in [5.41, 5.74) is 4.11. The van der Waals surface area contributed by atoms with Gasteiger partial charge in [-0.3, -0.25) is 9.79 Å². The van der Waals surface area contributed by atoms with Gasteiger partial charge in [0.05, 0.1) is 10.7 Å². The molecule has 140 valence electrons. The fraction of sp³-hybridized carbons (Fsp3) is 0.450. The zero-order valence-electron chi connectivity index (χ0n) is 15.9. The molecule has 0 unspecified atom stereocenters. The molecule has 2 heterocycles. The first-order valence-electron chi connectivity index (χ1n) is 9.00. The van der Waals surface area contributed by atoms with E-state index in [0.717, 1.165) is 40.6 Å². The van der Waals surface area contributed by atoms with Crippen LogP contribution in [0.4, 0.5) is 0 Å². The van der Waals surface area contributed by atoms with E-state index < -0.39 is 0 Å². The minimum atomic E-state index is 0.457. The van der Waals surface area contributed by atoms with Crippen LogP contribution in [0.5, 0.6) is 0 Å². The standard InChI is InChI=1S/C10H11ClN2.C10H16N2O/c1-7(2)9-6-13-5-8(11)3-4-10(13)12-9;1-3-9(12-7-13)6-10(11-2)8-4-5-8/h3-7H,1-2H3;6-8H,3-5H2,1-2H3,(H,12,13)/b;9-6+,11-10?. The van der Waals surface area contributed by atoms with Crippen LogP contribution in [0, 0.1) is 5.92 Å². The predicted octanol–water partition coefficient (Wildman–Crippen LogP) is 4.62. The first kappa shape index (κ1) is 20.2. The highest BCUT2D eigenvalue weighted by atomic mass is 35.5. The number of carbonyl (C=O) groups is 1. The Hall–Kier alpha value is -2.14. The maximum Gasteiger partial charge on any atom is 0.211 e. The molecule has 1 aliphatic carbocycles. The number of rotatable bonds is 6. The van der Waals surface area contributed by atoms with Crippen LogP contribution in [-0.4, -0.2) is 28.6 Å². The topological polar surface area (TPSA) is 58.8 Å². The first-order chi connectivity index (χ1) is 12.5. The number of imidazole rings is 1. The van der Waals surface area contributed by atoms with E-state index in [0.29, 0.717) is 11.8 Å². The molecule has 2 aromatic rings. The molecule has 0 bridgehead atoms. The largest absolute Gasteiger partial charge is 0.332 e. The Morgan fingerprint density at radius 1 is 1.42 bits per heavy atom. The van der Waals surface area contributed by atoms with Gasteiger partial charge in [-0.15, -0.1) is 0 Å². The van der Waals surface area contributed by atoms with Crippen molar-refractivity contribution in [3.8, 4) is 0 Å². The molecule has 3 rings (SSSR count). The third-order valence-electron chi connectivity index (χ3n) is 4.23. The van der Waals surface area contributed by atoms with E-state index in [2.05, 4.69) is 29.1 Å². The fourth-order valence-corrected chi connectivity index (χ4v) is 2.67. The molecule has 1 aliphatic rings. The Balaban J connectivity index is 0.000000187. The summed E-state index contributed by atoms with van der Waals surface area (Å²) in [6.45, 7) is 6.27. The zero-order valence-corrected chi connectivity index (χ0v) is 16.6. The van der Waals surface area contributed by atoms with Crippen LogP contribution < -0.4 is 5.32 Å². The Labute approximate surface area is 160 Å². The average Bonchev–Trinajstić information content (AvgIpc) is 3.37. The molecule has 1 N–H and O–H groups in total. The van der Waals surface area contributed by atoms with Crippen molar-refractivity contribution in [2.45, 2.75) is 46.0 Å². The van der Waals surface area contributed by atoms with E-state index in [9.17, 15) is 4.79 Å². The van der Waals surface area contributed by atoms with Gasteiger partial charge in [-0.25, -0.2) is 4.98 Å². The number of amides is 1. The van der Waals surface area contributed by atoms with Crippen molar-refractivity contribution in [1.29, 1.82) is 0 Å². The monoisotopic (exact) mass is 374 g/mol. The number of hydrogen-bond donors (Lipinski definition) is 1. The smallest absolute Gasteiger partial charge is 0.211 e. The molecular weight excluding hydrogens is 348 g/mol. The van der Waals surface area contributed by atoms with Gasteiger partial charge >= 0.3 is 0 Å². The summed E-state index contributed by atoms with van der Waals surface area (Å²) < 4.78 is 1.96. The second kappa shape index (κ2) is 9.53. The molecule has 5 nitrogen and oxygen atoms in total. The quantitative estimate of drug-likeness (QED) is 0.592. The van der Waals surface area contributed by atoms with Crippen LogP contribution in [0.15, 0.2) is 41.3 Å². The summed E-state index contributed by atoms with van der Waals surface area (Å²) in [6, 6.07) is 3.78. The molecule has 0 spiro atoms. The van der Waals surface area contributed by atoms with Crippen LogP contribution in [0.1, 0.15) is 51.6 Å². The Morgan fingerprint density at radius 3 is 2.69 bits per heavy atom. The number of aliphatic imine (C=N–C) groups is 1. The molecule has 1 saturated carbocycles. The third-order valence-corrected chi connectivity index (χ3v) is 4.45. The van der Waals surface area contributed by atoms with Gasteiger partial charge in [0.2, 0.25) is 6.41 Å². The minimum Gasteiger partial charge on any atom is -0.332 e. The number of halogens is 1. The summed E-state index contributed by atoms with van der Waals surface area (Å²) >= 11 is 5.86. The third kappa shape index (κ3) is 5.70. The molecular formula is C20H27ClN4O. The molecule has 1 amide bonds. The summed E-state index contributed by atoms with van der Waals surface area (Å²) in [5, 5.41) is 3.42. The maximum absolute atomic E-state index is 10.2. The van der Waals surface area contributed by atoms with E-state index in [4.69, 9.17) is 11.6 Å². The molecule has 2 aromatic heterocycles. The van der Waals surface area contributed by atoms with Crippen molar-refractivity contribution in [3.05, 3.63) is 47.0 Å². The summed E-state index contributed by atoms with van der Waals surface area (Å²) in [7, 11) is 1.80. The molecule has 0 radical (unpaired) electrons. The highest BCUT2D eigenvalue weighted by molar-refractivity contribution is 6.30. The molecule has 0 aliphatic heterocycles. The molecule has 26 heavy (non-hydrogen) atoms. The average molecular weight is 375 g/mol. The van der Waals surface area contributed by atoms with Crippen molar-refractivity contribution in [1.82, 2.24) is 14.7 Å². The lowest BCUT2D eigenvalue weighted by atomic mass is 10.2. The number of nitrogens with zero attached hydrogens (tertiary/aromatic N) is 3. The summed E-state index contributed by atoms with van der Waals surface area (Å²) in [5.74, 6) is 1.10. The Morgan fingerprint density at radius 2 is 2.15 bits per heavy atom. The molecule has 0 aromatic carbocycles. The highest BCUT2D eigenvalue weighted by Crippen LogP contribution is 2.31. The van der Waals surface area contributed by atoms with E-state index >= 15 is 0 Å². The summed E-state index contributed by atoms with van der Waals surface area (Å²) in [4.78, 5) is 18.9. The lowest BCUT2D eigenvalue weighted by molar-refractivity contribution is -0.108. The fourth-order valence-electron chi connectivity index (χ4n) is 2.51. The summed E-state index contributed by atoms with van der Waals surface area (Å²) in [6.07, 6.45) is 9.91. The highest BCUT2D eigenvalue weighted by Gasteiger charge is 2.25. The zero-order chi connectivity index (χ0) is 19.1. The van der Waals surface area contributed by atoms with Gasteiger partial charge in [-0.05, 0) is 43.4 Å². The van der Waals surface area contributed by atoms with Gasteiger partial charge in [-0.1, -0.05) is 32.4 Å². The van der Waals surface area contributed by atoms with Crippen LogP contribution in [0.2, 0.25) is 5.02 Å². The number of allylic oxidation sites excluding steroid dienone is 2. The molecule has 0 saturated heterocycles. The van der Waals surface area contributed by atoms with Crippen molar-refractivity contribution in [2.75, 3.05) is 7.05 Å². The van der Waals surface area contributed by atoms with Crippen molar-refractivity contribution < 1.29 is 4.79 Å². The number of fused-ring (bicyclic) bond motifs is 1. The van der Waals surface area contributed by atoms with E-state index in [1.807, 2.05) is 41.9 Å². The van der Waals surface area contributed by atoms with Crippen molar-refractivity contribution in [2.24, 2.45) is 10.9 Å². The number of hydrogen-bond acceptors (Lipinski definition) is 3. The molecule has 1 fully saturated rings. The number of pyridine rings is 1. The van der Waals surface area contributed by atoms with Crippen molar-refractivity contribution >= 4 is 29.4 Å². The Bertz CT molecular complexity index is 803. The van der Waals surface area contributed by atoms with Gasteiger partial charge in [0.25, 0.3) is 0 Å². The van der Waals surface area contributed by atoms with Gasteiger partial charge in [0, 0.05) is 36.8 Å². The van der Waals surface area contributed by atoms with Crippen LogP contribution in [0.25, 0.3) is 5.65 Å². The van der Waals surface area contributed by atoms with Crippen LogP contribution in [-0.2, 0) is 4.79 Å². The van der Waals surface area contributed by atoms with Crippen molar-refractivity contribution in [3.63, 3.8) is 0 Å². The van der Waals surface area contributed by atoms with Crippen LogP contribution in [0.3, 0.4) is 0 Å². The number of nitrogens with one attached hydrogen (secondary N) is 1. The molecule has 6 heteroatoms. The van der Waals surface area contributed by atoms with Gasteiger partial charge in [0.15, 0.2) is 0 Å². The van der Waals surface area contributed by atoms with E-state index in [1.165, 1.54) is 12.8 Å². The lowest BCUT2D eigenvalue weighted by Gasteiger charge is -2.03. The number of carbonyl (C=O) groups excluding carboxylic acids is 1. The Kier molecular flexibility index (Phi) is 7.39. The minimum absolute atomic E-state index is 0.457. The lowest BCUT2D eigenvalue weighted by Crippen LogP contribution is -2.12. The maximum atomic E-state index is 10.2. The predicted molar refractivity (Wildman–Crippen MR) is 108 cm³/mol. The molecule has 0 atom stereocenters. The van der Waals surface area contributed by atoms with Gasteiger partial charge in [0.1, 0.15) is 5.65 Å². The van der Waals surface area contributed by atoms with Crippen LogP contribution >= 0.6 is 11.6 Å².